The fraction of sp³-hybridized carbons (Fsp3) is 0.294. The van der Waals surface area contributed by atoms with Crippen LogP contribution in [0.15, 0.2) is 47.1 Å². The van der Waals surface area contributed by atoms with Crippen LogP contribution in [0.2, 0.25) is 0 Å². The van der Waals surface area contributed by atoms with E-state index in [9.17, 15) is 10.1 Å². The van der Waals surface area contributed by atoms with Crippen LogP contribution in [0.4, 0.5) is 0 Å². The van der Waals surface area contributed by atoms with Gasteiger partial charge >= 0.3 is 0 Å². The second-order valence-electron chi connectivity index (χ2n) is 4.66. The Balaban J connectivity index is 2.57. The standard InChI is InChI=1S/C17H17NO3/c1-3-14(19)13(11-18)17(16-9-6-10-21-16)12-7-4-5-8-15(12)20-2/h4-10,13,17H,3H2,1-2H3/t13-,17-/m0/s1. The summed E-state index contributed by atoms with van der Waals surface area (Å²) in [5.74, 6) is -0.133. The van der Waals surface area contributed by atoms with Crippen LogP contribution in [-0.4, -0.2) is 12.9 Å². The summed E-state index contributed by atoms with van der Waals surface area (Å²) < 4.78 is 10.8. The fourth-order valence-electron chi connectivity index (χ4n) is 2.44. The molecule has 1 aromatic carbocycles. The van der Waals surface area contributed by atoms with Crippen molar-refractivity contribution in [1.29, 1.82) is 5.26 Å². The molecule has 0 unspecified atom stereocenters. The van der Waals surface area contributed by atoms with Crippen LogP contribution in [0.5, 0.6) is 5.75 Å². The molecule has 0 fully saturated rings. The van der Waals surface area contributed by atoms with Crippen LogP contribution >= 0.6 is 0 Å². The van der Waals surface area contributed by atoms with E-state index in [4.69, 9.17) is 9.15 Å². The van der Waals surface area contributed by atoms with Crippen molar-refractivity contribution in [2.45, 2.75) is 19.3 Å². The van der Waals surface area contributed by atoms with Crippen LogP contribution in [0.25, 0.3) is 0 Å². The number of ketones is 1. The Labute approximate surface area is 124 Å². The molecule has 1 aromatic heterocycles. The minimum absolute atomic E-state index is 0.107. The first-order valence-corrected chi connectivity index (χ1v) is 6.81. The molecular formula is C17H17NO3. The molecule has 2 aromatic rings. The Kier molecular flexibility index (Phi) is 4.78. The van der Waals surface area contributed by atoms with E-state index in [1.165, 1.54) is 0 Å². The Hall–Kier alpha value is -2.54. The Morgan fingerprint density at radius 2 is 2.10 bits per heavy atom. The predicted octanol–water partition coefficient (Wildman–Crippen LogP) is 3.54. The number of ether oxygens (including phenoxy) is 1. The van der Waals surface area contributed by atoms with Gasteiger partial charge in [-0.3, -0.25) is 4.79 Å². The van der Waals surface area contributed by atoms with Crippen LogP contribution in [0.3, 0.4) is 0 Å². The van der Waals surface area contributed by atoms with Gasteiger partial charge < -0.3 is 9.15 Å². The summed E-state index contributed by atoms with van der Waals surface area (Å²) in [4.78, 5) is 12.1. The number of hydrogen-bond acceptors (Lipinski definition) is 4. The first-order chi connectivity index (χ1) is 10.2. The van der Waals surface area contributed by atoms with E-state index in [0.717, 1.165) is 5.56 Å². The first-order valence-electron chi connectivity index (χ1n) is 6.81. The number of carbonyl (C=O) groups is 1. The van der Waals surface area contributed by atoms with Gasteiger partial charge in [0.25, 0.3) is 0 Å². The zero-order valence-corrected chi connectivity index (χ0v) is 12.1. The summed E-state index contributed by atoms with van der Waals surface area (Å²) in [6.45, 7) is 1.76. The molecular weight excluding hydrogens is 266 g/mol. The van der Waals surface area contributed by atoms with Crippen molar-refractivity contribution < 1.29 is 13.9 Å². The van der Waals surface area contributed by atoms with Crippen molar-refractivity contribution >= 4 is 5.78 Å². The molecule has 0 N–H and O–H groups in total. The third-order valence-corrected chi connectivity index (χ3v) is 3.49. The lowest BCUT2D eigenvalue weighted by molar-refractivity contribution is -0.121. The van der Waals surface area contributed by atoms with E-state index in [1.807, 2.05) is 24.3 Å². The number of hydrogen-bond donors (Lipinski definition) is 0. The van der Waals surface area contributed by atoms with Crippen LogP contribution in [-0.2, 0) is 4.79 Å². The van der Waals surface area contributed by atoms with Gasteiger partial charge in [0.1, 0.15) is 17.4 Å². The number of benzene rings is 1. The largest absolute Gasteiger partial charge is 0.496 e. The van der Waals surface area contributed by atoms with Crippen molar-refractivity contribution in [3.05, 3.63) is 54.0 Å². The summed E-state index contributed by atoms with van der Waals surface area (Å²) in [5, 5.41) is 9.47. The molecule has 0 spiro atoms. The third-order valence-electron chi connectivity index (χ3n) is 3.49. The molecule has 0 amide bonds. The molecule has 4 nitrogen and oxygen atoms in total. The van der Waals surface area contributed by atoms with Crippen LogP contribution in [0.1, 0.15) is 30.6 Å². The van der Waals surface area contributed by atoms with Gasteiger partial charge in [0.15, 0.2) is 5.78 Å². The summed E-state index contributed by atoms with van der Waals surface area (Å²) >= 11 is 0. The monoisotopic (exact) mass is 283 g/mol. The molecule has 0 aliphatic carbocycles. The molecule has 0 saturated heterocycles. The number of furan rings is 1. The highest BCUT2D eigenvalue weighted by atomic mass is 16.5. The van der Waals surface area contributed by atoms with E-state index in [2.05, 4.69) is 6.07 Å². The van der Waals surface area contributed by atoms with Crippen molar-refractivity contribution in [2.24, 2.45) is 5.92 Å². The number of Topliss-reactive ketones (excluding diaryl/α,β-unsaturated/α-hetero) is 1. The topological polar surface area (TPSA) is 63.2 Å². The molecule has 2 atom stereocenters. The zero-order valence-electron chi connectivity index (χ0n) is 12.1. The molecule has 108 valence electrons. The highest BCUT2D eigenvalue weighted by Gasteiger charge is 2.33. The Bertz CT molecular complexity index is 640. The number of para-hydroxylation sites is 1. The van der Waals surface area contributed by atoms with Gasteiger partial charge in [-0.05, 0) is 18.2 Å². The maximum atomic E-state index is 12.1. The van der Waals surface area contributed by atoms with Gasteiger partial charge in [-0.1, -0.05) is 25.1 Å². The van der Waals surface area contributed by atoms with Gasteiger partial charge in [-0.25, -0.2) is 0 Å². The number of nitrogens with zero attached hydrogens (tertiary/aromatic N) is 1. The summed E-state index contributed by atoms with van der Waals surface area (Å²) in [7, 11) is 1.57. The molecule has 0 aliphatic heterocycles. The highest BCUT2D eigenvalue weighted by Crippen LogP contribution is 2.38. The highest BCUT2D eigenvalue weighted by molar-refractivity contribution is 5.84. The molecule has 21 heavy (non-hydrogen) atoms. The second kappa shape index (κ2) is 6.76. The molecule has 1 heterocycles. The first kappa shape index (κ1) is 14.9. The molecule has 0 bridgehead atoms. The average Bonchev–Trinajstić information content (AvgIpc) is 3.05. The van der Waals surface area contributed by atoms with E-state index in [-0.39, 0.29) is 5.78 Å². The van der Waals surface area contributed by atoms with E-state index >= 15 is 0 Å². The quantitative estimate of drug-likeness (QED) is 0.813. The van der Waals surface area contributed by atoms with E-state index < -0.39 is 11.8 Å². The van der Waals surface area contributed by atoms with Gasteiger partial charge in [0.05, 0.1) is 25.4 Å². The van der Waals surface area contributed by atoms with Crippen LogP contribution < -0.4 is 4.74 Å². The minimum Gasteiger partial charge on any atom is -0.496 e. The summed E-state index contributed by atoms with van der Waals surface area (Å²) in [6, 6.07) is 13.0. The van der Waals surface area contributed by atoms with Gasteiger partial charge in [0, 0.05) is 12.0 Å². The lowest BCUT2D eigenvalue weighted by Crippen LogP contribution is -2.21. The molecule has 2 rings (SSSR count). The molecule has 0 aliphatic rings. The minimum atomic E-state index is -0.794. The fourth-order valence-corrected chi connectivity index (χ4v) is 2.44. The Morgan fingerprint density at radius 3 is 2.67 bits per heavy atom. The van der Waals surface area contributed by atoms with Gasteiger partial charge in [-0.15, -0.1) is 0 Å². The molecule has 4 heteroatoms. The summed E-state index contributed by atoms with van der Waals surface area (Å²) in [6.07, 6.45) is 1.85. The molecule has 0 radical (unpaired) electrons. The van der Waals surface area contributed by atoms with Crippen LogP contribution in [0, 0.1) is 17.2 Å². The maximum Gasteiger partial charge on any atom is 0.150 e. The van der Waals surface area contributed by atoms with E-state index in [1.54, 1.807) is 32.4 Å². The zero-order chi connectivity index (χ0) is 15.2. The number of nitriles is 1. The number of rotatable bonds is 6. The van der Waals surface area contributed by atoms with Crippen molar-refractivity contribution in [2.75, 3.05) is 7.11 Å². The normalized spacial score (nSPS) is 13.2. The Morgan fingerprint density at radius 1 is 1.33 bits per heavy atom. The predicted molar refractivity (Wildman–Crippen MR) is 77.9 cm³/mol. The SMILES string of the molecule is CCC(=O)[C@H](C#N)[C@@H](c1ccco1)c1ccccc1OC. The number of methoxy groups -OCH3 is 1. The third kappa shape index (κ3) is 2.97. The van der Waals surface area contributed by atoms with Gasteiger partial charge in [-0.2, -0.15) is 5.26 Å². The lowest BCUT2D eigenvalue weighted by atomic mass is 9.81. The smallest absolute Gasteiger partial charge is 0.150 e. The molecule has 0 saturated carbocycles. The summed E-state index contributed by atoms with van der Waals surface area (Å²) in [5.41, 5.74) is 0.781. The number of carbonyl (C=O) groups excluding carboxylic acids is 1. The van der Waals surface area contributed by atoms with Crippen molar-refractivity contribution in [1.82, 2.24) is 0 Å². The van der Waals surface area contributed by atoms with Gasteiger partial charge in [0.2, 0.25) is 0 Å². The van der Waals surface area contributed by atoms with Crippen molar-refractivity contribution in [3.63, 3.8) is 0 Å². The average molecular weight is 283 g/mol. The lowest BCUT2D eigenvalue weighted by Gasteiger charge is -2.21. The van der Waals surface area contributed by atoms with Crippen molar-refractivity contribution in [3.8, 4) is 11.8 Å². The van der Waals surface area contributed by atoms with E-state index in [0.29, 0.717) is 17.9 Å². The second-order valence-corrected chi connectivity index (χ2v) is 4.66. The maximum absolute atomic E-state index is 12.1.